The molecular formula is C15H23N5S. The summed E-state index contributed by atoms with van der Waals surface area (Å²) < 4.78 is 0. The van der Waals surface area contributed by atoms with Gasteiger partial charge in [0.05, 0.1) is 5.39 Å². The van der Waals surface area contributed by atoms with Gasteiger partial charge in [0, 0.05) is 10.9 Å². The maximum Gasteiger partial charge on any atom is 0.240 e. The van der Waals surface area contributed by atoms with Crippen molar-refractivity contribution >= 4 is 33.3 Å². The zero-order valence-electron chi connectivity index (χ0n) is 12.5. The van der Waals surface area contributed by atoms with Crippen LogP contribution in [-0.4, -0.2) is 16.0 Å². The standard InChI is InChI=1S/C15H23N5S/c1-10-9-12-13(18-15(20-16)19-14(12)21-10)17-11-7-5-3-2-4-6-8-11/h9,11H,2-8,16H2,1H3,(H2,17,18,19,20). The Morgan fingerprint density at radius 2 is 1.86 bits per heavy atom. The van der Waals surface area contributed by atoms with Crippen molar-refractivity contribution in [3.05, 3.63) is 10.9 Å². The molecule has 1 saturated carbocycles. The summed E-state index contributed by atoms with van der Waals surface area (Å²) in [6.07, 6.45) is 9.14. The first kappa shape index (κ1) is 14.5. The van der Waals surface area contributed by atoms with E-state index < -0.39 is 0 Å². The second-order valence-corrected chi connectivity index (χ2v) is 7.04. The minimum absolute atomic E-state index is 0.484. The molecule has 0 aromatic carbocycles. The van der Waals surface area contributed by atoms with Gasteiger partial charge in [0.2, 0.25) is 5.95 Å². The van der Waals surface area contributed by atoms with Gasteiger partial charge < -0.3 is 5.32 Å². The first-order valence-electron chi connectivity index (χ1n) is 7.77. The predicted octanol–water partition coefficient (Wildman–Crippen LogP) is 3.81. The van der Waals surface area contributed by atoms with Crippen LogP contribution in [0.1, 0.15) is 49.8 Å². The van der Waals surface area contributed by atoms with Crippen LogP contribution < -0.4 is 16.6 Å². The maximum absolute atomic E-state index is 5.50. The van der Waals surface area contributed by atoms with E-state index in [1.807, 2.05) is 0 Å². The van der Waals surface area contributed by atoms with Crippen molar-refractivity contribution in [2.75, 3.05) is 10.7 Å². The van der Waals surface area contributed by atoms with Crippen molar-refractivity contribution in [2.45, 2.75) is 57.9 Å². The molecule has 0 spiro atoms. The lowest BCUT2D eigenvalue weighted by molar-refractivity contribution is 0.471. The van der Waals surface area contributed by atoms with Gasteiger partial charge in [0.25, 0.3) is 0 Å². The molecule has 1 fully saturated rings. The molecular weight excluding hydrogens is 282 g/mol. The summed E-state index contributed by atoms with van der Waals surface area (Å²) in [4.78, 5) is 11.2. The molecule has 2 aromatic rings. The molecule has 6 heteroatoms. The minimum Gasteiger partial charge on any atom is -0.367 e. The second-order valence-electron chi connectivity index (χ2n) is 5.80. The molecule has 0 unspecified atom stereocenters. The summed E-state index contributed by atoms with van der Waals surface area (Å²) in [5.74, 6) is 6.90. The zero-order valence-corrected chi connectivity index (χ0v) is 13.3. The summed E-state index contributed by atoms with van der Waals surface area (Å²) in [6, 6.07) is 2.67. The van der Waals surface area contributed by atoms with Crippen LogP contribution in [-0.2, 0) is 0 Å². The van der Waals surface area contributed by atoms with Crippen molar-refractivity contribution in [2.24, 2.45) is 5.84 Å². The fourth-order valence-corrected chi connectivity index (χ4v) is 3.89. The van der Waals surface area contributed by atoms with E-state index in [-0.39, 0.29) is 0 Å². The molecule has 0 radical (unpaired) electrons. The summed E-state index contributed by atoms with van der Waals surface area (Å²) in [6.45, 7) is 2.10. The predicted molar refractivity (Wildman–Crippen MR) is 89.7 cm³/mol. The van der Waals surface area contributed by atoms with E-state index in [1.165, 1.54) is 49.8 Å². The van der Waals surface area contributed by atoms with Crippen molar-refractivity contribution in [3.8, 4) is 0 Å². The van der Waals surface area contributed by atoms with Crippen molar-refractivity contribution in [3.63, 3.8) is 0 Å². The van der Waals surface area contributed by atoms with Crippen LogP contribution in [0.3, 0.4) is 0 Å². The van der Waals surface area contributed by atoms with E-state index in [0.717, 1.165) is 16.0 Å². The van der Waals surface area contributed by atoms with Gasteiger partial charge in [-0.2, -0.15) is 4.98 Å². The maximum atomic E-state index is 5.50. The lowest BCUT2D eigenvalue weighted by Gasteiger charge is -2.22. The molecule has 0 bridgehead atoms. The van der Waals surface area contributed by atoms with E-state index in [2.05, 4.69) is 33.7 Å². The van der Waals surface area contributed by atoms with E-state index in [9.17, 15) is 0 Å². The van der Waals surface area contributed by atoms with Crippen LogP contribution >= 0.6 is 11.3 Å². The second kappa shape index (κ2) is 6.58. The Morgan fingerprint density at radius 1 is 1.14 bits per heavy atom. The molecule has 21 heavy (non-hydrogen) atoms. The largest absolute Gasteiger partial charge is 0.367 e. The number of nitrogen functional groups attached to an aromatic ring is 1. The van der Waals surface area contributed by atoms with Crippen molar-refractivity contribution in [1.82, 2.24) is 9.97 Å². The molecule has 1 aliphatic carbocycles. The van der Waals surface area contributed by atoms with Crippen LogP contribution in [0.4, 0.5) is 11.8 Å². The molecule has 0 amide bonds. The average molecular weight is 305 g/mol. The zero-order chi connectivity index (χ0) is 14.7. The van der Waals surface area contributed by atoms with Gasteiger partial charge in [0.1, 0.15) is 10.6 Å². The monoisotopic (exact) mass is 305 g/mol. The average Bonchev–Trinajstić information content (AvgIpc) is 2.81. The Labute approximate surface area is 129 Å². The minimum atomic E-state index is 0.484. The van der Waals surface area contributed by atoms with Gasteiger partial charge in [-0.05, 0) is 25.8 Å². The third-order valence-corrected chi connectivity index (χ3v) is 5.04. The molecule has 4 N–H and O–H groups in total. The van der Waals surface area contributed by atoms with Gasteiger partial charge in [-0.3, -0.25) is 5.43 Å². The van der Waals surface area contributed by atoms with Crippen molar-refractivity contribution < 1.29 is 0 Å². The Morgan fingerprint density at radius 3 is 2.57 bits per heavy atom. The number of hydrazine groups is 1. The molecule has 114 valence electrons. The van der Waals surface area contributed by atoms with E-state index in [4.69, 9.17) is 5.84 Å². The number of fused-ring (bicyclic) bond motifs is 1. The Hall–Kier alpha value is -1.40. The van der Waals surface area contributed by atoms with E-state index in [0.29, 0.717) is 12.0 Å². The number of hydrogen-bond acceptors (Lipinski definition) is 6. The van der Waals surface area contributed by atoms with Gasteiger partial charge in [0.15, 0.2) is 0 Å². The molecule has 0 atom stereocenters. The quantitative estimate of drug-likeness (QED) is 0.594. The Kier molecular flexibility index (Phi) is 4.55. The smallest absolute Gasteiger partial charge is 0.240 e. The highest BCUT2D eigenvalue weighted by Crippen LogP contribution is 2.31. The molecule has 2 aromatic heterocycles. The van der Waals surface area contributed by atoms with Gasteiger partial charge in [-0.25, -0.2) is 10.8 Å². The summed E-state index contributed by atoms with van der Waals surface area (Å²) >= 11 is 1.68. The highest BCUT2D eigenvalue weighted by molar-refractivity contribution is 7.18. The number of nitrogens with zero attached hydrogens (tertiary/aromatic N) is 2. The van der Waals surface area contributed by atoms with Crippen LogP contribution in [0, 0.1) is 6.92 Å². The normalized spacial score (nSPS) is 17.4. The Balaban J connectivity index is 1.87. The van der Waals surface area contributed by atoms with Crippen LogP contribution in [0.2, 0.25) is 0 Å². The number of nitrogens with two attached hydrogens (primary N) is 1. The molecule has 3 rings (SSSR count). The lowest BCUT2D eigenvalue weighted by Crippen LogP contribution is -2.22. The number of hydrogen-bond donors (Lipinski definition) is 3. The van der Waals surface area contributed by atoms with Crippen LogP contribution in [0.5, 0.6) is 0 Å². The fraction of sp³-hybridized carbons (Fsp3) is 0.600. The fourth-order valence-electron chi connectivity index (χ4n) is 3.01. The highest BCUT2D eigenvalue weighted by Gasteiger charge is 2.15. The number of nitrogens with one attached hydrogen (secondary N) is 2. The van der Waals surface area contributed by atoms with Gasteiger partial charge in [-0.15, -0.1) is 11.3 Å². The van der Waals surface area contributed by atoms with E-state index in [1.54, 1.807) is 11.3 Å². The van der Waals surface area contributed by atoms with Gasteiger partial charge >= 0.3 is 0 Å². The number of anilines is 2. The summed E-state index contributed by atoms with van der Waals surface area (Å²) in [5.41, 5.74) is 2.57. The van der Waals surface area contributed by atoms with Gasteiger partial charge in [-0.1, -0.05) is 32.1 Å². The highest BCUT2D eigenvalue weighted by atomic mass is 32.1. The first-order valence-corrected chi connectivity index (χ1v) is 8.59. The third-order valence-electron chi connectivity index (χ3n) is 4.09. The SMILES string of the molecule is Cc1cc2c(NC3CCCCCCC3)nc(NN)nc2s1. The Bertz CT molecular complexity index is 601. The van der Waals surface area contributed by atoms with Crippen LogP contribution in [0.15, 0.2) is 6.07 Å². The van der Waals surface area contributed by atoms with Crippen LogP contribution in [0.25, 0.3) is 10.2 Å². The molecule has 0 saturated heterocycles. The summed E-state index contributed by atoms with van der Waals surface area (Å²) in [5, 5.41) is 4.75. The molecule has 5 nitrogen and oxygen atoms in total. The number of aromatic nitrogens is 2. The number of rotatable bonds is 3. The van der Waals surface area contributed by atoms with E-state index >= 15 is 0 Å². The summed E-state index contributed by atoms with van der Waals surface area (Å²) in [7, 11) is 0. The number of thiophene rings is 1. The van der Waals surface area contributed by atoms with Crippen molar-refractivity contribution in [1.29, 1.82) is 0 Å². The molecule has 1 aliphatic rings. The molecule has 0 aliphatic heterocycles. The molecule has 2 heterocycles. The first-order chi connectivity index (χ1) is 10.3. The third kappa shape index (κ3) is 3.44. The number of aryl methyl sites for hydroxylation is 1. The topological polar surface area (TPSA) is 75.9 Å². The lowest BCUT2D eigenvalue weighted by atomic mass is 9.97.